The molecule has 6 heteroatoms. The molecule has 0 aromatic carbocycles. The fraction of sp³-hybridized carbons (Fsp3) is 0.857. The van der Waals surface area contributed by atoms with Crippen LogP contribution < -0.4 is 0 Å². The Morgan fingerprint density at radius 2 is 1.55 bits per heavy atom. The molecular weight excluding hydrogens is 280 g/mol. The molecule has 0 bridgehead atoms. The number of rotatable bonds is 16. The van der Waals surface area contributed by atoms with Crippen LogP contribution in [-0.2, 0) is 19.1 Å². The standard InChI is InChI=1S/C14H26O5S/c15-7-10-18-8-3-1-5-11-20-12-6-2-4-9-19-13-14(16)17/h7H,1-6,8-13H2,(H,16,17). The smallest absolute Gasteiger partial charge is 0.329 e. The maximum atomic E-state index is 10.2. The van der Waals surface area contributed by atoms with Gasteiger partial charge in [0.05, 0.1) is 0 Å². The summed E-state index contributed by atoms with van der Waals surface area (Å²) in [5.41, 5.74) is 0. The van der Waals surface area contributed by atoms with E-state index in [1.807, 2.05) is 11.8 Å². The first-order valence-electron chi connectivity index (χ1n) is 7.16. The van der Waals surface area contributed by atoms with E-state index in [-0.39, 0.29) is 13.2 Å². The van der Waals surface area contributed by atoms with Gasteiger partial charge in [-0.15, -0.1) is 0 Å². The van der Waals surface area contributed by atoms with Crippen molar-refractivity contribution in [2.75, 3.05) is 37.9 Å². The number of carboxylic acid groups (broad SMARTS) is 1. The van der Waals surface area contributed by atoms with E-state index < -0.39 is 5.97 Å². The molecule has 0 aliphatic carbocycles. The number of hydrogen-bond acceptors (Lipinski definition) is 5. The van der Waals surface area contributed by atoms with Gasteiger partial charge >= 0.3 is 5.97 Å². The number of unbranched alkanes of at least 4 members (excludes halogenated alkanes) is 4. The monoisotopic (exact) mass is 306 g/mol. The Hall–Kier alpha value is -0.590. The molecule has 5 nitrogen and oxygen atoms in total. The van der Waals surface area contributed by atoms with Crippen LogP contribution in [0.4, 0.5) is 0 Å². The van der Waals surface area contributed by atoms with E-state index in [0.717, 1.165) is 44.1 Å². The molecule has 0 atom stereocenters. The van der Waals surface area contributed by atoms with Crippen LogP contribution in [-0.4, -0.2) is 55.3 Å². The molecule has 0 rings (SSSR count). The van der Waals surface area contributed by atoms with E-state index in [0.29, 0.717) is 13.2 Å². The summed E-state index contributed by atoms with van der Waals surface area (Å²) < 4.78 is 10.0. The van der Waals surface area contributed by atoms with E-state index in [9.17, 15) is 9.59 Å². The molecule has 0 heterocycles. The summed E-state index contributed by atoms with van der Waals surface area (Å²) >= 11 is 1.96. The maximum Gasteiger partial charge on any atom is 0.329 e. The van der Waals surface area contributed by atoms with Gasteiger partial charge in [0.2, 0.25) is 0 Å². The lowest BCUT2D eigenvalue weighted by Crippen LogP contribution is -2.07. The van der Waals surface area contributed by atoms with Gasteiger partial charge in [-0.05, 0) is 37.2 Å². The zero-order valence-electron chi connectivity index (χ0n) is 12.1. The van der Waals surface area contributed by atoms with Crippen molar-refractivity contribution in [1.29, 1.82) is 0 Å². The summed E-state index contributed by atoms with van der Waals surface area (Å²) in [7, 11) is 0. The molecule has 118 valence electrons. The summed E-state index contributed by atoms with van der Waals surface area (Å²) in [6, 6.07) is 0. The van der Waals surface area contributed by atoms with Crippen LogP contribution >= 0.6 is 11.8 Å². The second-order valence-electron chi connectivity index (χ2n) is 4.42. The maximum absolute atomic E-state index is 10.2. The zero-order valence-corrected chi connectivity index (χ0v) is 12.9. The topological polar surface area (TPSA) is 72.8 Å². The fourth-order valence-corrected chi connectivity index (χ4v) is 2.58. The van der Waals surface area contributed by atoms with E-state index in [1.165, 1.54) is 12.2 Å². The van der Waals surface area contributed by atoms with Crippen LogP contribution in [0.1, 0.15) is 38.5 Å². The number of ether oxygens (including phenoxy) is 2. The molecule has 0 aromatic heterocycles. The molecule has 0 aromatic rings. The van der Waals surface area contributed by atoms with Crippen molar-refractivity contribution >= 4 is 24.0 Å². The number of hydrogen-bond donors (Lipinski definition) is 1. The fourth-order valence-electron chi connectivity index (χ4n) is 1.56. The van der Waals surface area contributed by atoms with Crippen molar-refractivity contribution in [3.8, 4) is 0 Å². The van der Waals surface area contributed by atoms with Crippen LogP contribution in [0.5, 0.6) is 0 Å². The van der Waals surface area contributed by atoms with Gasteiger partial charge in [0, 0.05) is 13.2 Å². The van der Waals surface area contributed by atoms with Crippen LogP contribution in [0.15, 0.2) is 0 Å². The Morgan fingerprint density at radius 1 is 0.950 bits per heavy atom. The third kappa shape index (κ3) is 17.4. The van der Waals surface area contributed by atoms with Crippen LogP contribution in [0, 0.1) is 0 Å². The van der Waals surface area contributed by atoms with Gasteiger partial charge in [0.15, 0.2) is 0 Å². The first-order valence-corrected chi connectivity index (χ1v) is 8.31. The van der Waals surface area contributed by atoms with Gasteiger partial charge in [-0.25, -0.2) is 4.79 Å². The lowest BCUT2D eigenvalue weighted by atomic mass is 10.3. The predicted molar refractivity (Wildman–Crippen MR) is 80.4 cm³/mol. The third-order valence-electron chi connectivity index (χ3n) is 2.57. The molecule has 0 unspecified atom stereocenters. The summed E-state index contributed by atoms with van der Waals surface area (Å²) in [6.45, 7) is 1.24. The Bertz CT molecular complexity index is 236. The summed E-state index contributed by atoms with van der Waals surface area (Å²) in [5.74, 6) is 1.42. The number of carbonyl (C=O) groups excluding carboxylic acids is 1. The van der Waals surface area contributed by atoms with Crippen LogP contribution in [0.25, 0.3) is 0 Å². The Balaban J connectivity index is 2.95. The predicted octanol–water partition coefficient (Wildman–Crippen LogP) is 2.38. The zero-order chi connectivity index (χ0) is 14.9. The second kappa shape index (κ2) is 16.5. The van der Waals surface area contributed by atoms with Gasteiger partial charge in [0.25, 0.3) is 0 Å². The third-order valence-corrected chi connectivity index (χ3v) is 3.72. The van der Waals surface area contributed by atoms with Crippen molar-refractivity contribution in [2.45, 2.75) is 38.5 Å². The van der Waals surface area contributed by atoms with Crippen LogP contribution in [0.3, 0.4) is 0 Å². The van der Waals surface area contributed by atoms with Crippen LogP contribution in [0.2, 0.25) is 0 Å². The molecule has 0 aliphatic heterocycles. The number of carboxylic acids is 1. The molecule has 0 saturated carbocycles. The van der Waals surface area contributed by atoms with Crippen molar-refractivity contribution in [1.82, 2.24) is 0 Å². The number of aldehydes is 1. The number of carbonyl (C=O) groups is 2. The van der Waals surface area contributed by atoms with Gasteiger partial charge in [-0.2, -0.15) is 11.8 Å². The molecule has 0 aliphatic rings. The number of aliphatic carboxylic acids is 1. The van der Waals surface area contributed by atoms with Crippen molar-refractivity contribution in [3.05, 3.63) is 0 Å². The molecule has 0 amide bonds. The highest BCUT2D eigenvalue weighted by molar-refractivity contribution is 7.99. The second-order valence-corrected chi connectivity index (χ2v) is 5.65. The summed E-state index contributed by atoms with van der Waals surface area (Å²) in [6.07, 6.45) is 7.32. The number of thioether (sulfide) groups is 1. The first kappa shape index (κ1) is 19.4. The summed E-state index contributed by atoms with van der Waals surface area (Å²) in [5, 5.41) is 8.37. The van der Waals surface area contributed by atoms with Gasteiger partial charge in [0.1, 0.15) is 19.5 Å². The van der Waals surface area contributed by atoms with Gasteiger partial charge in [-0.3, -0.25) is 0 Å². The highest BCUT2D eigenvalue weighted by Crippen LogP contribution is 2.10. The van der Waals surface area contributed by atoms with Gasteiger partial charge < -0.3 is 19.4 Å². The van der Waals surface area contributed by atoms with E-state index >= 15 is 0 Å². The lowest BCUT2D eigenvalue weighted by molar-refractivity contribution is -0.142. The average Bonchev–Trinajstić information content (AvgIpc) is 2.43. The Kier molecular flexibility index (Phi) is 16.0. The Labute approximate surface area is 125 Å². The highest BCUT2D eigenvalue weighted by atomic mass is 32.2. The van der Waals surface area contributed by atoms with Crippen molar-refractivity contribution < 1.29 is 24.2 Å². The SMILES string of the molecule is O=CCOCCCCCSCCCCCOCC(=O)O. The average molecular weight is 306 g/mol. The minimum Gasteiger partial charge on any atom is -0.480 e. The molecule has 0 radical (unpaired) electrons. The molecule has 0 spiro atoms. The minimum absolute atomic E-state index is 0.189. The first-order chi connectivity index (χ1) is 9.77. The lowest BCUT2D eigenvalue weighted by Gasteiger charge is -2.03. The molecule has 1 N–H and O–H groups in total. The van der Waals surface area contributed by atoms with E-state index in [1.54, 1.807) is 0 Å². The molecular formula is C14H26O5S. The molecule has 0 saturated heterocycles. The molecule has 0 fully saturated rings. The normalized spacial score (nSPS) is 10.6. The minimum atomic E-state index is -0.905. The highest BCUT2D eigenvalue weighted by Gasteiger charge is 1.96. The van der Waals surface area contributed by atoms with E-state index in [2.05, 4.69) is 0 Å². The largest absolute Gasteiger partial charge is 0.480 e. The Morgan fingerprint density at radius 3 is 2.10 bits per heavy atom. The summed E-state index contributed by atoms with van der Waals surface area (Å²) in [4.78, 5) is 20.2. The quantitative estimate of drug-likeness (QED) is 0.349. The van der Waals surface area contributed by atoms with Crippen molar-refractivity contribution in [3.63, 3.8) is 0 Å². The van der Waals surface area contributed by atoms with Gasteiger partial charge in [-0.1, -0.05) is 12.8 Å². The van der Waals surface area contributed by atoms with Crippen molar-refractivity contribution in [2.24, 2.45) is 0 Å². The van der Waals surface area contributed by atoms with E-state index in [4.69, 9.17) is 14.6 Å². The molecule has 20 heavy (non-hydrogen) atoms.